The maximum Gasteiger partial charge on any atom is 0.0567 e. The number of nitrogens with one attached hydrogen (secondary N) is 1. The van der Waals surface area contributed by atoms with Gasteiger partial charge in [0.15, 0.2) is 0 Å². The Morgan fingerprint density at radius 2 is 1.07 bits per heavy atom. The van der Waals surface area contributed by atoms with Crippen LogP contribution in [0.15, 0.2) is 170 Å². The molecule has 0 saturated heterocycles. The molecule has 2 bridgehead atoms. The van der Waals surface area contributed by atoms with Gasteiger partial charge in [-0.15, -0.1) is 0 Å². The van der Waals surface area contributed by atoms with Gasteiger partial charge in [0.2, 0.25) is 0 Å². The number of aryl methyl sites for hydroxylation is 1. The van der Waals surface area contributed by atoms with Crippen LogP contribution >= 0.6 is 0 Å². The van der Waals surface area contributed by atoms with Gasteiger partial charge in [0.25, 0.3) is 0 Å². The zero-order valence-electron chi connectivity index (χ0n) is 25.3. The summed E-state index contributed by atoms with van der Waals surface area (Å²) < 4.78 is 0. The molecule has 0 radical (unpaired) electrons. The Morgan fingerprint density at radius 3 is 1.64 bits per heavy atom. The van der Waals surface area contributed by atoms with E-state index >= 15 is 0 Å². The lowest BCUT2D eigenvalue weighted by Crippen LogP contribution is -2.36. The molecule has 1 aliphatic heterocycles. The van der Waals surface area contributed by atoms with Gasteiger partial charge in [-0.25, -0.2) is 0 Å². The molecule has 0 aromatic heterocycles. The lowest BCUT2D eigenvalue weighted by Gasteiger charge is -2.41. The van der Waals surface area contributed by atoms with Gasteiger partial charge >= 0.3 is 0 Å². The molecule has 0 saturated carbocycles. The second-order valence-corrected chi connectivity index (χ2v) is 12.0. The number of hydrogen-bond donors (Lipinski definition) is 1. The summed E-state index contributed by atoms with van der Waals surface area (Å²) in [5.41, 5.74) is 16.1. The van der Waals surface area contributed by atoms with Crippen molar-refractivity contribution in [3.63, 3.8) is 0 Å². The topological polar surface area (TPSA) is 15.3 Å². The fourth-order valence-corrected chi connectivity index (χ4v) is 6.68. The number of anilines is 3. The molecule has 6 aromatic carbocycles. The Morgan fingerprint density at radius 1 is 0.556 bits per heavy atom. The number of allylic oxidation sites excluding steroid dienone is 1. The van der Waals surface area contributed by atoms with Crippen LogP contribution in [0, 0.1) is 6.92 Å². The molecule has 2 nitrogen and oxygen atoms in total. The average molecular weight is 579 g/mol. The van der Waals surface area contributed by atoms with Crippen molar-refractivity contribution in [2.24, 2.45) is 0 Å². The highest BCUT2D eigenvalue weighted by Gasteiger charge is 2.32. The summed E-state index contributed by atoms with van der Waals surface area (Å²) in [7, 11) is 0. The standard InChI is InChI=1S/C43H34N2/c1-30-12-26-40-41-29-39(45(43(40)28-30)38-23-19-36(20-24-38)32-10-6-3-7-11-32)25-27-42(41)44-37-21-17-35(18-22-37)34-15-13-33(14-16-34)31-8-4-2-5-9-31/h2-28,39,44H,29H2,1H3/t39-/m1/s1. The van der Waals surface area contributed by atoms with E-state index in [0.29, 0.717) is 0 Å². The highest BCUT2D eigenvalue weighted by molar-refractivity contribution is 5.90. The smallest absolute Gasteiger partial charge is 0.0567 e. The summed E-state index contributed by atoms with van der Waals surface area (Å²) in [4.78, 5) is 2.51. The molecule has 45 heavy (non-hydrogen) atoms. The van der Waals surface area contributed by atoms with Crippen molar-refractivity contribution < 1.29 is 0 Å². The monoisotopic (exact) mass is 578 g/mol. The third-order valence-electron chi connectivity index (χ3n) is 9.03. The van der Waals surface area contributed by atoms with E-state index < -0.39 is 0 Å². The molecule has 0 fully saturated rings. The van der Waals surface area contributed by atoms with E-state index in [1.54, 1.807) is 0 Å². The van der Waals surface area contributed by atoms with Crippen LogP contribution in [-0.2, 0) is 0 Å². The average Bonchev–Trinajstić information content (AvgIpc) is 3.11. The predicted molar refractivity (Wildman–Crippen MR) is 191 cm³/mol. The Kier molecular flexibility index (Phi) is 6.88. The lowest BCUT2D eigenvalue weighted by molar-refractivity contribution is 0.770. The summed E-state index contributed by atoms with van der Waals surface area (Å²) in [5, 5.41) is 3.76. The Labute approximate surface area is 265 Å². The van der Waals surface area contributed by atoms with Crippen molar-refractivity contribution in [3.8, 4) is 33.4 Å². The SMILES string of the molecule is Cc1ccc2c(c1)N(c1ccc(-c3ccccc3)cc1)[C@@H]1C=CC(Nc3ccc(-c4ccc(-c5ccccc5)cc4)cc3)=C2C1. The molecular formula is C43H34N2. The molecule has 2 aliphatic rings. The molecule has 2 heteroatoms. The largest absolute Gasteiger partial charge is 0.355 e. The van der Waals surface area contributed by atoms with E-state index in [0.717, 1.165) is 12.1 Å². The lowest BCUT2D eigenvalue weighted by atomic mass is 9.84. The van der Waals surface area contributed by atoms with E-state index in [9.17, 15) is 0 Å². The molecule has 1 heterocycles. The molecule has 8 rings (SSSR count). The third kappa shape index (κ3) is 5.25. The molecule has 216 valence electrons. The summed E-state index contributed by atoms with van der Waals surface area (Å²) in [5.74, 6) is 0. The minimum Gasteiger partial charge on any atom is -0.355 e. The summed E-state index contributed by atoms with van der Waals surface area (Å²) in [6, 6.07) is 54.9. The zero-order valence-corrected chi connectivity index (χ0v) is 25.3. The van der Waals surface area contributed by atoms with Crippen LogP contribution in [0.5, 0.6) is 0 Å². The maximum atomic E-state index is 3.76. The molecule has 1 N–H and O–H groups in total. The van der Waals surface area contributed by atoms with Gasteiger partial charge in [0.05, 0.1) is 6.04 Å². The van der Waals surface area contributed by atoms with Crippen LogP contribution in [0.2, 0.25) is 0 Å². The van der Waals surface area contributed by atoms with Crippen LogP contribution in [-0.4, -0.2) is 6.04 Å². The van der Waals surface area contributed by atoms with Crippen LogP contribution in [0.1, 0.15) is 17.5 Å². The summed E-state index contributed by atoms with van der Waals surface area (Å²) in [6.45, 7) is 2.18. The van der Waals surface area contributed by atoms with E-state index in [-0.39, 0.29) is 6.04 Å². The maximum absolute atomic E-state index is 3.76. The van der Waals surface area contributed by atoms with Crippen molar-refractivity contribution >= 4 is 22.6 Å². The molecule has 0 unspecified atom stereocenters. The molecule has 1 atom stereocenters. The van der Waals surface area contributed by atoms with Gasteiger partial charge in [-0.1, -0.05) is 127 Å². The minimum atomic E-state index is 0.267. The molecule has 0 spiro atoms. The second kappa shape index (κ2) is 11.5. The summed E-state index contributed by atoms with van der Waals surface area (Å²) >= 11 is 0. The van der Waals surface area contributed by atoms with Crippen molar-refractivity contribution in [2.75, 3.05) is 10.2 Å². The van der Waals surface area contributed by atoms with Crippen molar-refractivity contribution in [3.05, 3.63) is 181 Å². The number of benzene rings is 6. The highest BCUT2D eigenvalue weighted by Crippen LogP contribution is 2.46. The Balaban J connectivity index is 1.06. The number of fused-ring (bicyclic) bond motifs is 4. The fraction of sp³-hybridized carbons (Fsp3) is 0.0698. The van der Waals surface area contributed by atoms with Gasteiger partial charge in [-0.05, 0) is 94.3 Å². The normalized spacial score (nSPS) is 15.1. The van der Waals surface area contributed by atoms with Gasteiger partial charge in [-0.2, -0.15) is 0 Å². The van der Waals surface area contributed by atoms with Gasteiger partial charge in [-0.3, -0.25) is 0 Å². The van der Waals surface area contributed by atoms with E-state index in [4.69, 9.17) is 0 Å². The third-order valence-corrected chi connectivity index (χ3v) is 9.03. The van der Waals surface area contributed by atoms with E-state index in [1.807, 2.05) is 0 Å². The van der Waals surface area contributed by atoms with Gasteiger partial charge in [0, 0.05) is 28.3 Å². The van der Waals surface area contributed by atoms with Gasteiger partial charge in [0.1, 0.15) is 0 Å². The van der Waals surface area contributed by atoms with E-state index in [1.165, 1.54) is 67.2 Å². The van der Waals surface area contributed by atoms with Gasteiger partial charge < -0.3 is 10.2 Å². The first-order chi connectivity index (χ1) is 22.2. The second-order valence-electron chi connectivity index (χ2n) is 12.0. The molecule has 1 aliphatic carbocycles. The molecule has 0 amide bonds. The zero-order chi connectivity index (χ0) is 30.2. The van der Waals surface area contributed by atoms with E-state index in [2.05, 4.69) is 181 Å². The van der Waals surface area contributed by atoms with Crippen molar-refractivity contribution in [1.82, 2.24) is 0 Å². The quantitative estimate of drug-likeness (QED) is 0.211. The Hall–Kier alpha value is -5.60. The highest BCUT2D eigenvalue weighted by atomic mass is 15.2. The summed E-state index contributed by atoms with van der Waals surface area (Å²) in [6.07, 6.45) is 5.58. The first kappa shape index (κ1) is 27.0. The van der Waals surface area contributed by atoms with Crippen molar-refractivity contribution in [1.29, 1.82) is 0 Å². The molecule has 6 aromatic rings. The minimum absolute atomic E-state index is 0.267. The predicted octanol–water partition coefficient (Wildman–Crippen LogP) is 11.3. The van der Waals surface area contributed by atoms with Crippen molar-refractivity contribution in [2.45, 2.75) is 19.4 Å². The number of rotatable bonds is 6. The fourth-order valence-electron chi connectivity index (χ4n) is 6.68. The molecular weight excluding hydrogens is 544 g/mol. The van der Waals surface area contributed by atoms with Crippen LogP contribution < -0.4 is 10.2 Å². The van der Waals surface area contributed by atoms with Crippen LogP contribution in [0.3, 0.4) is 0 Å². The first-order valence-electron chi connectivity index (χ1n) is 15.7. The van der Waals surface area contributed by atoms with Crippen LogP contribution in [0.25, 0.3) is 39.0 Å². The number of nitrogens with zero attached hydrogens (tertiary/aromatic N) is 1. The van der Waals surface area contributed by atoms with Crippen LogP contribution in [0.4, 0.5) is 17.1 Å². The Bertz CT molecular complexity index is 2020. The first-order valence-corrected chi connectivity index (χ1v) is 15.7. The number of hydrogen-bond acceptors (Lipinski definition) is 2.